The fourth-order valence-electron chi connectivity index (χ4n) is 1.58. The summed E-state index contributed by atoms with van der Waals surface area (Å²) in [5.74, 6) is 0.391. The summed E-state index contributed by atoms with van der Waals surface area (Å²) in [5.41, 5.74) is 0. The van der Waals surface area contributed by atoms with Crippen molar-refractivity contribution < 1.29 is 13.2 Å². The van der Waals surface area contributed by atoms with Crippen LogP contribution in [-0.4, -0.2) is 20.8 Å². The van der Waals surface area contributed by atoms with E-state index in [2.05, 4.69) is 15.9 Å². The number of ether oxygens (including phenoxy) is 1. The van der Waals surface area contributed by atoms with Gasteiger partial charge in [0.15, 0.2) is 0 Å². The molecule has 3 nitrogen and oxygen atoms in total. The Hall–Kier alpha value is -0.780. The second-order valence-corrected chi connectivity index (χ2v) is 7.38. The van der Waals surface area contributed by atoms with E-state index < -0.39 is 9.05 Å². The van der Waals surface area contributed by atoms with Crippen LogP contribution in [0.1, 0.15) is 0 Å². The molecule has 0 N–H and O–H groups in total. The fourth-order valence-corrected chi connectivity index (χ4v) is 2.66. The Labute approximate surface area is 118 Å². The van der Waals surface area contributed by atoms with Crippen molar-refractivity contribution in [2.75, 3.05) is 12.4 Å². The van der Waals surface area contributed by atoms with Gasteiger partial charge < -0.3 is 4.74 Å². The molecule has 0 spiro atoms. The Morgan fingerprint density at radius 1 is 1.17 bits per heavy atom. The first-order valence-corrected chi connectivity index (χ1v) is 8.47. The smallest absolute Gasteiger partial charge is 0.235 e. The van der Waals surface area contributed by atoms with Crippen LogP contribution >= 0.6 is 26.6 Å². The van der Waals surface area contributed by atoms with Gasteiger partial charge in [-0.1, -0.05) is 30.3 Å². The van der Waals surface area contributed by atoms with Gasteiger partial charge in [-0.3, -0.25) is 0 Å². The van der Waals surface area contributed by atoms with Crippen LogP contribution < -0.4 is 4.74 Å². The maximum absolute atomic E-state index is 10.8. The molecule has 18 heavy (non-hydrogen) atoms. The van der Waals surface area contributed by atoms with Crippen LogP contribution in [0.15, 0.2) is 40.9 Å². The van der Waals surface area contributed by atoms with E-state index in [1.165, 1.54) is 0 Å². The summed E-state index contributed by atoms with van der Waals surface area (Å²) in [4.78, 5) is 0. The molecule has 0 saturated heterocycles. The lowest BCUT2D eigenvalue weighted by Crippen LogP contribution is -2.09. The van der Waals surface area contributed by atoms with Gasteiger partial charge in [0.05, 0.1) is 10.2 Å². The molecule has 0 bridgehead atoms. The average molecular weight is 350 g/mol. The monoisotopic (exact) mass is 348 g/mol. The standard InChI is InChI=1S/C12H10BrClO3S/c13-12-10-4-2-1-3-9(10)5-6-11(12)17-7-8-18(14,15)16/h1-6H,7-8H2. The first-order valence-electron chi connectivity index (χ1n) is 5.20. The van der Waals surface area contributed by atoms with Gasteiger partial charge in [-0.15, -0.1) is 0 Å². The van der Waals surface area contributed by atoms with Crippen molar-refractivity contribution in [2.45, 2.75) is 0 Å². The summed E-state index contributed by atoms with van der Waals surface area (Å²) in [7, 11) is 1.60. The lowest BCUT2D eigenvalue weighted by molar-refractivity contribution is 0.340. The van der Waals surface area contributed by atoms with Gasteiger partial charge in [-0.25, -0.2) is 8.42 Å². The van der Waals surface area contributed by atoms with E-state index >= 15 is 0 Å². The van der Waals surface area contributed by atoms with Gasteiger partial charge in [-0.05, 0) is 32.8 Å². The molecule has 0 heterocycles. The van der Waals surface area contributed by atoms with Crippen molar-refractivity contribution in [2.24, 2.45) is 0 Å². The van der Waals surface area contributed by atoms with Crippen molar-refractivity contribution in [3.63, 3.8) is 0 Å². The van der Waals surface area contributed by atoms with Crippen molar-refractivity contribution in [1.82, 2.24) is 0 Å². The number of hydrogen-bond donors (Lipinski definition) is 0. The van der Waals surface area contributed by atoms with Crippen LogP contribution in [0.4, 0.5) is 0 Å². The molecule has 0 unspecified atom stereocenters. The van der Waals surface area contributed by atoms with E-state index in [0.717, 1.165) is 15.2 Å². The molecule has 2 rings (SSSR count). The van der Waals surface area contributed by atoms with Crippen LogP contribution in [0.5, 0.6) is 5.75 Å². The fraction of sp³-hybridized carbons (Fsp3) is 0.167. The lowest BCUT2D eigenvalue weighted by Gasteiger charge is -2.09. The highest BCUT2D eigenvalue weighted by Gasteiger charge is 2.08. The van der Waals surface area contributed by atoms with Crippen molar-refractivity contribution in [1.29, 1.82) is 0 Å². The molecule has 2 aromatic rings. The lowest BCUT2D eigenvalue weighted by atomic mass is 10.1. The van der Waals surface area contributed by atoms with Gasteiger partial charge in [0, 0.05) is 10.7 Å². The molecule has 6 heteroatoms. The van der Waals surface area contributed by atoms with Crippen LogP contribution in [-0.2, 0) is 9.05 Å². The summed E-state index contributed by atoms with van der Waals surface area (Å²) in [5, 5.41) is 2.10. The summed E-state index contributed by atoms with van der Waals surface area (Å²) in [6.45, 7) is 0.0305. The van der Waals surface area contributed by atoms with Gasteiger partial charge >= 0.3 is 0 Å². The number of fused-ring (bicyclic) bond motifs is 1. The molecule has 0 saturated carbocycles. The minimum Gasteiger partial charge on any atom is -0.491 e. The van der Waals surface area contributed by atoms with Gasteiger partial charge in [-0.2, -0.15) is 0 Å². The Kier molecular flexibility index (Phi) is 4.14. The highest BCUT2D eigenvalue weighted by molar-refractivity contribution is 9.10. The van der Waals surface area contributed by atoms with Crippen LogP contribution in [0, 0.1) is 0 Å². The van der Waals surface area contributed by atoms with Crippen molar-refractivity contribution in [3.8, 4) is 5.75 Å². The third-order valence-corrected chi connectivity index (χ3v) is 4.35. The third-order valence-electron chi connectivity index (χ3n) is 2.41. The Balaban J connectivity index is 2.22. The third kappa shape index (κ3) is 3.37. The SMILES string of the molecule is O=S(=O)(Cl)CCOc1ccc2ccccc2c1Br. The highest BCUT2D eigenvalue weighted by atomic mass is 79.9. The molecular formula is C12H10BrClO3S. The molecule has 0 amide bonds. The molecule has 0 aliphatic heterocycles. The number of halogens is 2. The summed E-state index contributed by atoms with van der Waals surface area (Å²) < 4.78 is 27.8. The van der Waals surface area contributed by atoms with E-state index in [1.54, 1.807) is 6.07 Å². The molecule has 0 atom stereocenters. The quantitative estimate of drug-likeness (QED) is 0.793. The van der Waals surface area contributed by atoms with Crippen LogP contribution in [0.2, 0.25) is 0 Å². The number of rotatable bonds is 4. The maximum Gasteiger partial charge on any atom is 0.235 e. The minimum absolute atomic E-state index is 0.0305. The molecule has 0 aliphatic rings. The normalized spacial score (nSPS) is 11.7. The molecule has 0 fully saturated rings. The molecule has 0 radical (unpaired) electrons. The van der Waals surface area contributed by atoms with Gasteiger partial charge in [0.2, 0.25) is 9.05 Å². The average Bonchev–Trinajstić information content (AvgIpc) is 2.31. The van der Waals surface area contributed by atoms with E-state index in [9.17, 15) is 8.42 Å². The van der Waals surface area contributed by atoms with Crippen LogP contribution in [0.25, 0.3) is 10.8 Å². The first-order chi connectivity index (χ1) is 8.47. The largest absolute Gasteiger partial charge is 0.491 e. The first kappa shape index (κ1) is 13.6. The van der Waals surface area contributed by atoms with Gasteiger partial charge in [0.1, 0.15) is 12.4 Å². The zero-order chi connectivity index (χ0) is 13.2. The molecule has 96 valence electrons. The summed E-state index contributed by atoms with van der Waals surface area (Å²) in [6, 6.07) is 11.6. The van der Waals surface area contributed by atoms with E-state index in [1.807, 2.05) is 30.3 Å². The van der Waals surface area contributed by atoms with Crippen molar-refractivity contribution >= 4 is 46.4 Å². The molecule has 0 aliphatic carbocycles. The zero-order valence-electron chi connectivity index (χ0n) is 9.27. The second kappa shape index (κ2) is 5.47. The Morgan fingerprint density at radius 2 is 1.89 bits per heavy atom. The van der Waals surface area contributed by atoms with E-state index in [0.29, 0.717) is 5.75 Å². The van der Waals surface area contributed by atoms with Gasteiger partial charge in [0.25, 0.3) is 0 Å². The zero-order valence-corrected chi connectivity index (χ0v) is 12.4. The predicted molar refractivity (Wildman–Crippen MR) is 76.8 cm³/mol. The topological polar surface area (TPSA) is 43.4 Å². The minimum atomic E-state index is -3.52. The van der Waals surface area contributed by atoms with E-state index in [-0.39, 0.29) is 12.4 Å². The maximum atomic E-state index is 10.8. The number of benzene rings is 2. The van der Waals surface area contributed by atoms with Crippen molar-refractivity contribution in [3.05, 3.63) is 40.9 Å². The second-order valence-electron chi connectivity index (χ2n) is 3.69. The molecular weight excluding hydrogens is 340 g/mol. The highest BCUT2D eigenvalue weighted by Crippen LogP contribution is 2.32. The predicted octanol–water partition coefficient (Wildman–Crippen LogP) is 3.55. The Bertz CT molecular complexity index is 670. The Morgan fingerprint density at radius 3 is 2.61 bits per heavy atom. The molecule has 2 aromatic carbocycles. The summed E-state index contributed by atoms with van der Waals surface area (Å²) in [6.07, 6.45) is 0. The van der Waals surface area contributed by atoms with E-state index in [4.69, 9.17) is 15.4 Å². The van der Waals surface area contributed by atoms with Crippen LogP contribution in [0.3, 0.4) is 0 Å². The summed E-state index contributed by atoms with van der Waals surface area (Å²) >= 11 is 3.46. The molecule has 0 aromatic heterocycles. The number of hydrogen-bond acceptors (Lipinski definition) is 3.